The van der Waals surface area contributed by atoms with Gasteiger partial charge in [0.25, 0.3) is 0 Å². The summed E-state index contributed by atoms with van der Waals surface area (Å²) in [5, 5.41) is 0. The smallest absolute Gasteiger partial charge is 0.328 e. The van der Waals surface area contributed by atoms with E-state index >= 15 is 0 Å². The summed E-state index contributed by atoms with van der Waals surface area (Å²) in [5.74, 6) is -0.276. The standard InChI is InChI=1S/C13H14N2O2/c1-10(13(16)17-2)15-8-12(14-9-15)11-6-4-3-5-7-11/h3-10H,1-2H3. The molecule has 0 fully saturated rings. The maximum absolute atomic E-state index is 11.4. The van der Waals surface area contributed by atoms with E-state index in [-0.39, 0.29) is 12.0 Å². The van der Waals surface area contributed by atoms with Gasteiger partial charge < -0.3 is 9.30 Å². The van der Waals surface area contributed by atoms with Crippen molar-refractivity contribution < 1.29 is 9.53 Å². The van der Waals surface area contributed by atoms with E-state index in [4.69, 9.17) is 4.74 Å². The van der Waals surface area contributed by atoms with Crippen LogP contribution in [0.15, 0.2) is 42.9 Å². The maximum Gasteiger partial charge on any atom is 0.328 e. The topological polar surface area (TPSA) is 44.1 Å². The van der Waals surface area contributed by atoms with Gasteiger partial charge >= 0.3 is 5.97 Å². The number of nitrogens with zero attached hydrogens (tertiary/aromatic N) is 2. The molecule has 1 atom stereocenters. The summed E-state index contributed by atoms with van der Waals surface area (Å²) in [6, 6.07) is 9.48. The lowest BCUT2D eigenvalue weighted by Gasteiger charge is -2.09. The lowest BCUT2D eigenvalue weighted by atomic mass is 10.2. The summed E-state index contributed by atoms with van der Waals surface area (Å²) in [7, 11) is 1.38. The second-order valence-corrected chi connectivity index (χ2v) is 3.77. The Balaban J connectivity index is 2.25. The molecule has 17 heavy (non-hydrogen) atoms. The fourth-order valence-electron chi connectivity index (χ4n) is 1.60. The molecule has 0 saturated heterocycles. The van der Waals surface area contributed by atoms with Crippen LogP contribution in [-0.2, 0) is 9.53 Å². The molecule has 0 radical (unpaired) electrons. The zero-order valence-corrected chi connectivity index (χ0v) is 9.83. The van der Waals surface area contributed by atoms with Crippen molar-refractivity contribution in [3.05, 3.63) is 42.9 Å². The van der Waals surface area contributed by atoms with Gasteiger partial charge in [-0.3, -0.25) is 0 Å². The molecule has 2 rings (SSSR count). The SMILES string of the molecule is COC(=O)C(C)n1cnc(-c2ccccc2)c1. The molecule has 0 amide bonds. The molecule has 2 aromatic rings. The first kappa shape index (κ1) is 11.4. The number of carbonyl (C=O) groups excluding carboxylic acids is 1. The number of rotatable bonds is 3. The fraction of sp³-hybridized carbons (Fsp3) is 0.231. The second-order valence-electron chi connectivity index (χ2n) is 3.77. The van der Waals surface area contributed by atoms with Gasteiger partial charge in [-0.2, -0.15) is 0 Å². The lowest BCUT2D eigenvalue weighted by molar-refractivity contribution is -0.144. The Hall–Kier alpha value is -2.10. The number of carbonyl (C=O) groups is 1. The van der Waals surface area contributed by atoms with Crippen molar-refractivity contribution in [1.29, 1.82) is 0 Å². The average Bonchev–Trinajstić information content (AvgIpc) is 2.87. The molecular weight excluding hydrogens is 216 g/mol. The molecule has 88 valence electrons. The third-order valence-electron chi connectivity index (χ3n) is 2.66. The molecular formula is C13H14N2O2. The van der Waals surface area contributed by atoms with E-state index in [2.05, 4.69) is 4.98 Å². The number of benzene rings is 1. The molecule has 0 spiro atoms. The normalized spacial score (nSPS) is 12.1. The zero-order chi connectivity index (χ0) is 12.3. The average molecular weight is 230 g/mol. The first-order valence-electron chi connectivity index (χ1n) is 5.39. The quantitative estimate of drug-likeness (QED) is 0.760. The van der Waals surface area contributed by atoms with E-state index in [1.54, 1.807) is 17.8 Å². The van der Waals surface area contributed by atoms with Gasteiger partial charge in [-0.25, -0.2) is 9.78 Å². The molecule has 0 aliphatic heterocycles. The van der Waals surface area contributed by atoms with Crippen LogP contribution in [0.2, 0.25) is 0 Å². The number of aromatic nitrogens is 2. The predicted molar refractivity (Wildman–Crippen MR) is 64.4 cm³/mol. The Bertz CT molecular complexity index is 505. The van der Waals surface area contributed by atoms with Gasteiger partial charge in [-0.05, 0) is 6.92 Å². The van der Waals surface area contributed by atoms with Crippen LogP contribution in [0.3, 0.4) is 0 Å². The van der Waals surface area contributed by atoms with Crippen LogP contribution >= 0.6 is 0 Å². The first-order chi connectivity index (χ1) is 8.22. The molecule has 1 unspecified atom stereocenters. The van der Waals surface area contributed by atoms with Crippen molar-refractivity contribution in [1.82, 2.24) is 9.55 Å². The van der Waals surface area contributed by atoms with E-state index in [1.807, 2.05) is 36.5 Å². The summed E-state index contributed by atoms with van der Waals surface area (Å²) in [5.41, 5.74) is 1.88. The fourth-order valence-corrected chi connectivity index (χ4v) is 1.60. The summed E-state index contributed by atoms with van der Waals surface area (Å²) < 4.78 is 6.44. The second kappa shape index (κ2) is 4.82. The molecule has 0 saturated carbocycles. The molecule has 4 heteroatoms. The molecule has 4 nitrogen and oxygen atoms in total. The van der Waals surface area contributed by atoms with E-state index in [1.165, 1.54) is 7.11 Å². The van der Waals surface area contributed by atoms with Gasteiger partial charge in [0.05, 0.1) is 19.1 Å². The summed E-state index contributed by atoms with van der Waals surface area (Å²) in [6.45, 7) is 1.78. The number of imidazole rings is 1. The van der Waals surface area contributed by atoms with Crippen molar-refractivity contribution in [2.24, 2.45) is 0 Å². The van der Waals surface area contributed by atoms with Gasteiger partial charge in [0, 0.05) is 11.8 Å². The Labute approximate surface area is 99.9 Å². The van der Waals surface area contributed by atoms with Crippen LogP contribution in [0.4, 0.5) is 0 Å². The molecule has 1 heterocycles. The largest absolute Gasteiger partial charge is 0.467 e. The molecule has 0 aliphatic carbocycles. The van der Waals surface area contributed by atoms with Crippen LogP contribution in [0, 0.1) is 0 Å². The Morgan fingerprint density at radius 3 is 2.71 bits per heavy atom. The predicted octanol–water partition coefficient (Wildman–Crippen LogP) is 2.28. The van der Waals surface area contributed by atoms with Crippen LogP contribution < -0.4 is 0 Å². The minimum Gasteiger partial charge on any atom is -0.467 e. The third kappa shape index (κ3) is 2.36. The molecule has 0 N–H and O–H groups in total. The maximum atomic E-state index is 11.4. The van der Waals surface area contributed by atoms with Gasteiger partial charge in [0.2, 0.25) is 0 Å². The monoisotopic (exact) mass is 230 g/mol. The highest BCUT2D eigenvalue weighted by Crippen LogP contribution is 2.18. The van der Waals surface area contributed by atoms with Crippen LogP contribution in [0.5, 0.6) is 0 Å². The van der Waals surface area contributed by atoms with E-state index in [0.717, 1.165) is 11.3 Å². The van der Waals surface area contributed by atoms with Crippen molar-refractivity contribution in [3.8, 4) is 11.3 Å². The van der Waals surface area contributed by atoms with Crippen LogP contribution in [0.1, 0.15) is 13.0 Å². The first-order valence-corrected chi connectivity index (χ1v) is 5.39. The van der Waals surface area contributed by atoms with E-state index < -0.39 is 0 Å². The molecule has 0 bridgehead atoms. The number of ether oxygens (including phenoxy) is 1. The van der Waals surface area contributed by atoms with Crippen molar-refractivity contribution in [2.75, 3.05) is 7.11 Å². The van der Waals surface area contributed by atoms with E-state index in [0.29, 0.717) is 0 Å². The van der Waals surface area contributed by atoms with Gasteiger partial charge in [0.1, 0.15) is 6.04 Å². The summed E-state index contributed by atoms with van der Waals surface area (Å²) >= 11 is 0. The lowest BCUT2D eigenvalue weighted by Crippen LogP contribution is -2.16. The minimum absolute atomic E-state index is 0.276. The minimum atomic E-state index is -0.357. The zero-order valence-electron chi connectivity index (χ0n) is 9.83. The number of hydrogen-bond donors (Lipinski definition) is 0. The van der Waals surface area contributed by atoms with Gasteiger partial charge in [0.15, 0.2) is 0 Å². The Kier molecular flexibility index (Phi) is 3.23. The van der Waals surface area contributed by atoms with Crippen molar-refractivity contribution in [2.45, 2.75) is 13.0 Å². The van der Waals surface area contributed by atoms with Gasteiger partial charge in [-0.15, -0.1) is 0 Å². The summed E-state index contributed by atoms with van der Waals surface area (Å²) in [4.78, 5) is 15.7. The van der Waals surface area contributed by atoms with Crippen LogP contribution in [0.25, 0.3) is 11.3 Å². The van der Waals surface area contributed by atoms with Crippen LogP contribution in [-0.4, -0.2) is 22.6 Å². The van der Waals surface area contributed by atoms with Crippen molar-refractivity contribution in [3.63, 3.8) is 0 Å². The highest BCUT2D eigenvalue weighted by molar-refractivity contribution is 5.73. The number of methoxy groups -OCH3 is 1. The van der Waals surface area contributed by atoms with E-state index in [9.17, 15) is 4.79 Å². The highest BCUT2D eigenvalue weighted by Gasteiger charge is 2.15. The number of hydrogen-bond acceptors (Lipinski definition) is 3. The Morgan fingerprint density at radius 2 is 2.06 bits per heavy atom. The number of esters is 1. The third-order valence-corrected chi connectivity index (χ3v) is 2.66. The molecule has 1 aromatic carbocycles. The summed E-state index contributed by atoms with van der Waals surface area (Å²) in [6.07, 6.45) is 3.49. The van der Waals surface area contributed by atoms with Crippen molar-refractivity contribution >= 4 is 5.97 Å². The Morgan fingerprint density at radius 1 is 1.35 bits per heavy atom. The van der Waals surface area contributed by atoms with Gasteiger partial charge in [-0.1, -0.05) is 30.3 Å². The molecule has 1 aromatic heterocycles. The highest BCUT2D eigenvalue weighted by atomic mass is 16.5. The molecule has 0 aliphatic rings.